The number of hydrogen-bond donors (Lipinski definition) is 2. The third-order valence-electron chi connectivity index (χ3n) is 4.73. The molecule has 0 aliphatic heterocycles. The third kappa shape index (κ3) is 7.52. The molecule has 7 heteroatoms. The van der Waals surface area contributed by atoms with Crippen molar-refractivity contribution in [3.8, 4) is 0 Å². The maximum atomic E-state index is 5.49. The highest BCUT2D eigenvalue weighted by Gasteiger charge is 2.41. The molecular weight excluding hydrogens is 429 g/mol. The number of rotatable bonds is 10. The van der Waals surface area contributed by atoms with Gasteiger partial charge in [0.25, 0.3) is 0 Å². The number of nitrogens with one attached hydrogen (secondary N) is 2. The predicted molar refractivity (Wildman–Crippen MR) is 114 cm³/mol. The molecule has 1 fully saturated rings. The largest absolute Gasteiger partial charge is 0.382 e. The minimum absolute atomic E-state index is 0. The average Bonchev–Trinajstić information content (AvgIpc) is 3.25. The molecule has 0 bridgehead atoms. The van der Waals surface area contributed by atoms with Crippen LogP contribution in [-0.4, -0.2) is 49.1 Å². The molecule has 0 spiro atoms. The van der Waals surface area contributed by atoms with E-state index in [1.807, 2.05) is 14.0 Å². The summed E-state index contributed by atoms with van der Waals surface area (Å²) in [4.78, 5) is 4.32. The highest BCUT2D eigenvalue weighted by atomic mass is 127. The van der Waals surface area contributed by atoms with E-state index in [-0.39, 0.29) is 24.0 Å². The van der Waals surface area contributed by atoms with Gasteiger partial charge in [0.1, 0.15) is 0 Å². The zero-order valence-electron chi connectivity index (χ0n) is 16.1. The van der Waals surface area contributed by atoms with Gasteiger partial charge in [0, 0.05) is 45.6 Å². The fourth-order valence-electron chi connectivity index (χ4n) is 2.95. The van der Waals surface area contributed by atoms with Crippen LogP contribution in [0.5, 0.6) is 0 Å². The summed E-state index contributed by atoms with van der Waals surface area (Å²) in [6, 6.07) is 2.12. The summed E-state index contributed by atoms with van der Waals surface area (Å²) in [6.07, 6.45) is 4.75. The number of aryl methyl sites for hydroxylation is 3. The van der Waals surface area contributed by atoms with Crippen molar-refractivity contribution in [1.82, 2.24) is 20.4 Å². The Morgan fingerprint density at radius 3 is 2.68 bits per heavy atom. The zero-order chi connectivity index (χ0) is 17.4. The van der Waals surface area contributed by atoms with Crippen molar-refractivity contribution in [1.29, 1.82) is 0 Å². The van der Waals surface area contributed by atoms with Crippen LogP contribution in [0.1, 0.15) is 44.0 Å². The molecule has 2 N–H and O–H groups in total. The van der Waals surface area contributed by atoms with Crippen LogP contribution in [0.3, 0.4) is 0 Å². The quantitative estimate of drug-likeness (QED) is 0.243. The Hall–Kier alpha value is -0.830. The Kier molecular flexibility index (Phi) is 9.78. The SMILES string of the molecule is CCOCCC1(CNC(=NC)NCCCn2nc(C)cc2C)CC1.I. The lowest BCUT2D eigenvalue weighted by Crippen LogP contribution is -2.41. The fraction of sp³-hybridized carbons (Fsp3) is 0.778. The molecule has 0 atom stereocenters. The number of aliphatic imine (C=N–C) groups is 1. The molecule has 0 amide bonds. The normalized spacial score (nSPS) is 15.6. The average molecular weight is 463 g/mol. The first kappa shape index (κ1) is 22.2. The lowest BCUT2D eigenvalue weighted by molar-refractivity contribution is 0.128. The summed E-state index contributed by atoms with van der Waals surface area (Å²) in [5.74, 6) is 0.894. The van der Waals surface area contributed by atoms with Crippen LogP contribution >= 0.6 is 24.0 Å². The van der Waals surface area contributed by atoms with Crippen molar-refractivity contribution in [3.05, 3.63) is 17.5 Å². The first-order valence-electron chi connectivity index (χ1n) is 9.12. The second-order valence-electron chi connectivity index (χ2n) is 6.80. The van der Waals surface area contributed by atoms with Crippen LogP contribution in [0, 0.1) is 19.3 Å². The third-order valence-corrected chi connectivity index (χ3v) is 4.73. The van der Waals surface area contributed by atoms with E-state index in [4.69, 9.17) is 4.74 Å². The molecule has 2 rings (SSSR count). The number of halogens is 1. The molecule has 1 aliphatic carbocycles. The molecule has 25 heavy (non-hydrogen) atoms. The van der Waals surface area contributed by atoms with Crippen molar-refractivity contribution >= 4 is 29.9 Å². The van der Waals surface area contributed by atoms with Crippen LogP contribution in [0.15, 0.2) is 11.1 Å². The minimum atomic E-state index is 0. The Labute approximate surface area is 169 Å². The van der Waals surface area contributed by atoms with E-state index < -0.39 is 0 Å². The molecule has 0 aromatic carbocycles. The van der Waals surface area contributed by atoms with Gasteiger partial charge in [-0.1, -0.05) is 0 Å². The Morgan fingerprint density at radius 2 is 2.12 bits per heavy atom. The lowest BCUT2D eigenvalue weighted by Gasteiger charge is -2.18. The molecule has 0 radical (unpaired) electrons. The zero-order valence-corrected chi connectivity index (χ0v) is 18.4. The molecule has 1 aromatic rings. The van der Waals surface area contributed by atoms with Gasteiger partial charge in [-0.3, -0.25) is 9.67 Å². The second kappa shape index (κ2) is 11.0. The predicted octanol–water partition coefficient (Wildman–Crippen LogP) is 2.88. The van der Waals surface area contributed by atoms with Crippen molar-refractivity contribution in [3.63, 3.8) is 0 Å². The van der Waals surface area contributed by atoms with Crippen molar-refractivity contribution in [2.45, 2.75) is 53.0 Å². The Bertz CT molecular complexity index is 540. The number of nitrogens with zero attached hydrogens (tertiary/aromatic N) is 3. The standard InChI is InChI=1S/C18H33N5O.HI/c1-5-24-12-9-18(7-8-18)14-21-17(19-4)20-10-6-11-23-16(3)13-15(2)22-23;/h13H,5-12,14H2,1-4H3,(H2,19,20,21);1H. The van der Waals surface area contributed by atoms with Gasteiger partial charge in [-0.2, -0.15) is 5.10 Å². The van der Waals surface area contributed by atoms with E-state index >= 15 is 0 Å². The van der Waals surface area contributed by atoms with Gasteiger partial charge in [-0.05, 0) is 57.9 Å². The highest BCUT2D eigenvalue weighted by Crippen LogP contribution is 2.48. The maximum absolute atomic E-state index is 5.49. The molecule has 1 saturated carbocycles. The molecule has 144 valence electrons. The maximum Gasteiger partial charge on any atom is 0.190 e. The molecular formula is C18H34IN5O. The number of ether oxygens (including phenoxy) is 1. The van der Waals surface area contributed by atoms with E-state index in [1.54, 1.807) is 0 Å². The number of hydrogen-bond acceptors (Lipinski definition) is 3. The molecule has 1 aliphatic rings. The Balaban J connectivity index is 0.00000312. The van der Waals surface area contributed by atoms with E-state index in [2.05, 4.69) is 45.3 Å². The van der Waals surface area contributed by atoms with E-state index in [1.165, 1.54) is 18.5 Å². The van der Waals surface area contributed by atoms with Gasteiger partial charge < -0.3 is 15.4 Å². The molecule has 0 unspecified atom stereocenters. The van der Waals surface area contributed by atoms with Gasteiger partial charge in [0.2, 0.25) is 0 Å². The van der Waals surface area contributed by atoms with E-state index in [0.29, 0.717) is 5.41 Å². The van der Waals surface area contributed by atoms with Gasteiger partial charge in [-0.25, -0.2) is 0 Å². The van der Waals surface area contributed by atoms with Crippen LogP contribution in [-0.2, 0) is 11.3 Å². The lowest BCUT2D eigenvalue weighted by atomic mass is 10.0. The Morgan fingerprint density at radius 1 is 1.36 bits per heavy atom. The fourth-order valence-corrected chi connectivity index (χ4v) is 2.95. The molecule has 0 saturated heterocycles. The molecule has 1 heterocycles. The van der Waals surface area contributed by atoms with Crippen LogP contribution in [0.2, 0.25) is 0 Å². The molecule has 6 nitrogen and oxygen atoms in total. The van der Waals surface area contributed by atoms with Crippen LogP contribution in [0.4, 0.5) is 0 Å². The first-order valence-corrected chi connectivity index (χ1v) is 9.12. The second-order valence-corrected chi connectivity index (χ2v) is 6.80. The minimum Gasteiger partial charge on any atom is -0.382 e. The first-order chi connectivity index (χ1) is 11.6. The summed E-state index contributed by atoms with van der Waals surface area (Å²) < 4.78 is 7.56. The van der Waals surface area contributed by atoms with Gasteiger partial charge in [0.15, 0.2) is 5.96 Å². The van der Waals surface area contributed by atoms with Crippen LogP contribution < -0.4 is 10.6 Å². The van der Waals surface area contributed by atoms with Crippen LogP contribution in [0.25, 0.3) is 0 Å². The number of guanidine groups is 1. The summed E-state index contributed by atoms with van der Waals surface area (Å²) in [5.41, 5.74) is 2.73. The van der Waals surface area contributed by atoms with Crippen molar-refractivity contribution < 1.29 is 4.74 Å². The topological polar surface area (TPSA) is 63.5 Å². The smallest absolute Gasteiger partial charge is 0.190 e. The summed E-state index contributed by atoms with van der Waals surface area (Å²) in [5, 5.41) is 11.4. The monoisotopic (exact) mass is 463 g/mol. The number of aromatic nitrogens is 2. The molecule has 1 aromatic heterocycles. The van der Waals surface area contributed by atoms with Gasteiger partial charge in [0.05, 0.1) is 5.69 Å². The van der Waals surface area contributed by atoms with Crippen molar-refractivity contribution in [2.75, 3.05) is 33.4 Å². The van der Waals surface area contributed by atoms with Gasteiger partial charge >= 0.3 is 0 Å². The van der Waals surface area contributed by atoms with E-state index in [0.717, 1.165) is 57.3 Å². The summed E-state index contributed by atoms with van der Waals surface area (Å²) in [7, 11) is 1.83. The van der Waals surface area contributed by atoms with E-state index in [9.17, 15) is 0 Å². The highest BCUT2D eigenvalue weighted by molar-refractivity contribution is 14.0. The van der Waals surface area contributed by atoms with Gasteiger partial charge in [-0.15, -0.1) is 24.0 Å². The summed E-state index contributed by atoms with van der Waals surface area (Å²) >= 11 is 0. The van der Waals surface area contributed by atoms with Crippen molar-refractivity contribution in [2.24, 2.45) is 10.4 Å². The summed E-state index contributed by atoms with van der Waals surface area (Å²) in [6.45, 7) is 10.7.